The number of ether oxygens (including phenoxy) is 2. The number of esters is 1. The van der Waals surface area contributed by atoms with Gasteiger partial charge < -0.3 is 19.3 Å². The van der Waals surface area contributed by atoms with Gasteiger partial charge in [0.1, 0.15) is 11.4 Å². The molecule has 1 aromatic rings. The number of hydrogen-bond acceptors (Lipinski definition) is 8. The van der Waals surface area contributed by atoms with Gasteiger partial charge in [0.15, 0.2) is 5.69 Å². The first-order chi connectivity index (χ1) is 15.1. The van der Waals surface area contributed by atoms with Crippen LogP contribution in [-0.2, 0) is 9.47 Å². The number of carbonyl (C=O) groups excluding carboxylic acids is 2. The number of hydrogen-bond donors (Lipinski definition) is 0. The number of likely N-dealkylation sites (tertiary alicyclic amines) is 1. The van der Waals surface area contributed by atoms with Gasteiger partial charge in [0.25, 0.3) is 0 Å². The predicted octanol–water partition coefficient (Wildman–Crippen LogP) is 2.87. The fourth-order valence-electron chi connectivity index (χ4n) is 4.60. The molecule has 2 saturated heterocycles. The van der Waals surface area contributed by atoms with E-state index in [4.69, 9.17) is 9.47 Å². The van der Waals surface area contributed by atoms with Gasteiger partial charge in [-0.1, -0.05) is 6.92 Å². The van der Waals surface area contributed by atoms with Crippen LogP contribution in [0.15, 0.2) is 6.20 Å². The Kier molecular flexibility index (Phi) is 7.59. The molecule has 1 aromatic heterocycles. The van der Waals surface area contributed by atoms with Crippen LogP contribution in [0, 0.1) is 6.92 Å². The summed E-state index contributed by atoms with van der Waals surface area (Å²) in [6, 6.07) is 0.873. The molecule has 1 atom stereocenters. The fraction of sp³-hybridized carbons (Fsp3) is 0.739. The Morgan fingerprint density at radius 2 is 1.84 bits per heavy atom. The zero-order valence-corrected chi connectivity index (χ0v) is 20.3. The second-order valence-electron chi connectivity index (χ2n) is 9.60. The number of anilines is 1. The van der Waals surface area contributed by atoms with E-state index < -0.39 is 11.6 Å². The number of piperazine rings is 1. The summed E-state index contributed by atoms with van der Waals surface area (Å²) in [6.45, 7) is 13.9. The molecular weight excluding hydrogens is 410 g/mol. The van der Waals surface area contributed by atoms with Crippen LogP contribution in [0.4, 0.5) is 10.6 Å². The summed E-state index contributed by atoms with van der Waals surface area (Å²) < 4.78 is 10.3. The molecule has 0 spiro atoms. The Labute approximate surface area is 191 Å². The van der Waals surface area contributed by atoms with Gasteiger partial charge in [0.2, 0.25) is 0 Å². The van der Waals surface area contributed by atoms with Crippen LogP contribution in [0.5, 0.6) is 0 Å². The molecule has 1 amide bonds. The first kappa shape index (κ1) is 24.2. The number of piperidine rings is 1. The number of nitrogens with zero attached hydrogens (tertiary/aromatic N) is 5. The largest absolute Gasteiger partial charge is 0.464 e. The van der Waals surface area contributed by atoms with Gasteiger partial charge in [-0.25, -0.2) is 19.6 Å². The molecule has 0 bridgehead atoms. The van der Waals surface area contributed by atoms with E-state index in [1.54, 1.807) is 0 Å². The number of aromatic nitrogens is 2. The van der Waals surface area contributed by atoms with Crippen LogP contribution in [0.2, 0.25) is 0 Å². The highest BCUT2D eigenvalue weighted by Crippen LogP contribution is 2.27. The molecule has 2 aliphatic rings. The van der Waals surface area contributed by atoms with E-state index in [1.807, 2.05) is 32.6 Å². The molecule has 0 saturated carbocycles. The minimum atomic E-state index is -0.471. The highest BCUT2D eigenvalue weighted by molar-refractivity contribution is 5.87. The van der Waals surface area contributed by atoms with Crippen molar-refractivity contribution in [3.8, 4) is 0 Å². The van der Waals surface area contributed by atoms with Crippen molar-refractivity contribution in [1.82, 2.24) is 19.8 Å². The number of aryl methyl sites for hydroxylation is 1. The van der Waals surface area contributed by atoms with Gasteiger partial charge in [0.05, 0.1) is 19.0 Å². The average molecular weight is 448 g/mol. The molecule has 0 aromatic carbocycles. The van der Waals surface area contributed by atoms with Gasteiger partial charge >= 0.3 is 12.1 Å². The molecule has 3 heterocycles. The Balaban J connectivity index is 1.60. The monoisotopic (exact) mass is 447 g/mol. The third-order valence-corrected chi connectivity index (χ3v) is 6.20. The maximum atomic E-state index is 12.4. The molecule has 9 heteroatoms. The van der Waals surface area contributed by atoms with Crippen molar-refractivity contribution < 1.29 is 19.1 Å². The summed E-state index contributed by atoms with van der Waals surface area (Å²) in [5, 5.41) is 0. The lowest BCUT2D eigenvalue weighted by Gasteiger charge is -2.47. The highest BCUT2D eigenvalue weighted by Gasteiger charge is 2.35. The van der Waals surface area contributed by atoms with E-state index in [9.17, 15) is 9.59 Å². The van der Waals surface area contributed by atoms with Gasteiger partial charge in [-0.15, -0.1) is 0 Å². The van der Waals surface area contributed by atoms with Crippen LogP contribution in [0.3, 0.4) is 0 Å². The number of rotatable bonds is 4. The topological polar surface area (TPSA) is 88.1 Å². The molecule has 3 rings (SSSR count). The molecule has 2 aliphatic heterocycles. The summed E-state index contributed by atoms with van der Waals surface area (Å²) in [5.41, 5.74) is 0.506. The zero-order valence-electron chi connectivity index (χ0n) is 20.3. The van der Waals surface area contributed by atoms with Crippen molar-refractivity contribution in [1.29, 1.82) is 0 Å². The maximum absolute atomic E-state index is 12.4. The minimum absolute atomic E-state index is 0.211. The minimum Gasteiger partial charge on any atom is -0.464 e. The molecule has 32 heavy (non-hydrogen) atoms. The van der Waals surface area contributed by atoms with Crippen LogP contribution in [0.1, 0.15) is 63.1 Å². The maximum Gasteiger partial charge on any atom is 0.410 e. The van der Waals surface area contributed by atoms with Crippen molar-refractivity contribution in [2.75, 3.05) is 44.7 Å². The summed E-state index contributed by atoms with van der Waals surface area (Å²) in [5.74, 6) is 0.358. The van der Waals surface area contributed by atoms with Crippen molar-refractivity contribution in [3.05, 3.63) is 17.6 Å². The second kappa shape index (κ2) is 10.0. The third-order valence-electron chi connectivity index (χ3n) is 6.20. The van der Waals surface area contributed by atoms with Gasteiger partial charge in [0, 0.05) is 44.8 Å². The van der Waals surface area contributed by atoms with Crippen LogP contribution in [0.25, 0.3) is 0 Å². The molecule has 0 N–H and O–H groups in total. The van der Waals surface area contributed by atoms with Crippen LogP contribution >= 0.6 is 0 Å². The lowest BCUT2D eigenvalue weighted by molar-refractivity contribution is 0.00942. The molecule has 0 aliphatic carbocycles. The van der Waals surface area contributed by atoms with Gasteiger partial charge in [-0.3, -0.25) is 4.90 Å². The van der Waals surface area contributed by atoms with Crippen molar-refractivity contribution in [2.45, 2.75) is 71.6 Å². The van der Waals surface area contributed by atoms with Crippen molar-refractivity contribution in [2.24, 2.45) is 0 Å². The van der Waals surface area contributed by atoms with Gasteiger partial charge in [-0.05, 0) is 47.0 Å². The second-order valence-corrected chi connectivity index (χ2v) is 9.60. The summed E-state index contributed by atoms with van der Waals surface area (Å²) in [6.07, 6.45) is 4.24. The van der Waals surface area contributed by atoms with Gasteiger partial charge in [-0.2, -0.15) is 0 Å². The smallest absolute Gasteiger partial charge is 0.410 e. The van der Waals surface area contributed by atoms with Crippen LogP contribution in [-0.4, -0.2) is 89.3 Å². The summed E-state index contributed by atoms with van der Waals surface area (Å²) in [4.78, 5) is 39.7. The normalized spacial score (nSPS) is 20.9. The van der Waals surface area contributed by atoms with E-state index in [0.29, 0.717) is 12.1 Å². The molecule has 0 unspecified atom stereocenters. The molecule has 0 radical (unpaired) electrons. The first-order valence-electron chi connectivity index (χ1n) is 11.5. The Hall–Kier alpha value is -2.42. The molecular formula is C23H37N5O4. The summed E-state index contributed by atoms with van der Waals surface area (Å²) >= 11 is 0. The SMILES string of the molecule is CC[C@H]1CN(c2ncc(C(=O)OC)nc2C)CCN1C1CCN(C(=O)OC(C)(C)C)CC1. The van der Waals surface area contributed by atoms with E-state index in [2.05, 4.69) is 26.7 Å². The highest BCUT2D eigenvalue weighted by atomic mass is 16.6. The third kappa shape index (κ3) is 5.68. The first-order valence-corrected chi connectivity index (χ1v) is 11.5. The van der Waals surface area contributed by atoms with E-state index in [-0.39, 0.29) is 11.8 Å². The molecule has 9 nitrogen and oxygen atoms in total. The number of amides is 1. The van der Waals surface area contributed by atoms with E-state index >= 15 is 0 Å². The Bertz CT molecular complexity index is 817. The molecule has 2 fully saturated rings. The zero-order chi connectivity index (χ0) is 23.5. The van der Waals surface area contributed by atoms with E-state index in [1.165, 1.54) is 13.3 Å². The standard InChI is InChI=1S/C23H37N5O4/c1-7-17-15-27(20-16(2)25-19(14-24-20)21(29)31-6)12-13-28(17)18-8-10-26(11-9-18)22(30)32-23(3,4)5/h14,17-18H,7-13,15H2,1-6H3/t17-/m0/s1. The number of carbonyl (C=O) groups is 2. The Morgan fingerprint density at radius 1 is 1.16 bits per heavy atom. The quantitative estimate of drug-likeness (QED) is 0.651. The lowest BCUT2D eigenvalue weighted by atomic mass is 9.98. The lowest BCUT2D eigenvalue weighted by Crippen LogP contribution is -2.59. The van der Waals surface area contributed by atoms with E-state index in [0.717, 1.165) is 63.5 Å². The fourth-order valence-corrected chi connectivity index (χ4v) is 4.60. The molecule has 178 valence electrons. The van der Waals surface area contributed by atoms with Crippen molar-refractivity contribution in [3.63, 3.8) is 0 Å². The van der Waals surface area contributed by atoms with Crippen LogP contribution < -0.4 is 4.90 Å². The number of methoxy groups -OCH3 is 1. The average Bonchev–Trinajstić information content (AvgIpc) is 2.77. The Morgan fingerprint density at radius 3 is 2.41 bits per heavy atom. The van der Waals surface area contributed by atoms with Crippen molar-refractivity contribution >= 4 is 17.9 Å². The predicted molar refractivity (Wildman–Crippen MR) is 122 cm³/mol. The summed E-state index contributed by atoms with van der Waals surface area (Å²) in [7, 11) is 1.34.